The molecule has 14 heavy (non-hydrogen) atoms. The zero-order chi connectivity index (χ0) is 10.6. The molecule has 1 amide bonds. The highest BCUT2D eigenvalue weighted by atomic mass is 32.2. The number of nitrogens with one attached hydrogen (secondary N) is 1. The summed E-state index contributed by atoms with van der Waals surface area (Å²) in [6.45, 7) is 4.14. The largest absolute Gasteiger partial charge is 0.465 e. The normalized spacial score (nSPS) is 10.2. The van der Waals surface area contributed by atoms with Gasteiger partial charge in [0.2, 0.25) is 0 Å². The van der Waals surface area contributed by atoms with Crippen LogP contribution in [0.1, 0.15) is 13.8 Å². The van der Waals surface area contributed by atoms with E-state index in [1.54, 1.807) is 17.8 Å². The first-order valence-electron chi connectivity index (χ1n) is 4.35. The Morgan fingerprint density at radius 3 is 2.64 bits per heavy atom. The molecule has 0 radical (unpaired) electrons. The Morgan fingerprint density at radius 1 is 1.43 bits per heavy atom. The van der Waals surface area contributed by atoms with Crippen LogP contribution in [0.4, 0.5) is 10.5 Å². The lowest BCUT2D eigenvalue weighted by Gasteiger charge is -2.10. The van der Waals surface area contributed by atoms with Crippen molar-refractivity contribution in [1.82, 2.24) is 0 Å². The van der Waals surface area contributed by atoms with E-state index in [1.807, 2.05) is 18.2 Å². The molecule has 1 aromatic carbocycles. The molecule has 0 saturated carbocycles. The van der Waals surface area contributed by atoms with Gasteiger partial charge in [0.25, 0.3) is 0 Å². The zero-order valence-electron chi connectivity index (χ0n) is 8.15. The predicted octanol–water partition coefficient (Wildman–Crippen LogP) is 3.28. The van der Waals surface area contributed by atoms with Crippen LogP contribution in [-0.4, -0.2) is 16.4 Å². The van der Waals surface area contributed by atoms with E-state index in [0.29, 0.717) is 10.9 Å². The fourth-order valence-corrected chi connectivity index (χ4v) is 1.95. The van der Waals surface area contributed by atoms with Gasteiger partial charge in [-0.2, -0.15) is 0 Å². The Kier molecular flexibility index (Phi) is 3.83. The van der Waals surface area contributed by atoms with E-state index >= 15 is 0 Å². The van der Waals surface area contributed by atoms with Crippen molar-refractivity contribution in [2.24, 2.45) is 0 Å². The summed E-state index contributed by atoms with van der Waals surface area (Å²) in [5.74, 6) is 0. The van der Waals surface area contributed by atoms with Gasteiger partial charge >= 0.3 is 6.09 Å². The van der Waals surface area contributed by atoms with Gasteiger partial charge < -0.3 is 5.11 Å². The second-order valence-corrected chi connectivity index (χ2v) is 4.71. The molecule has 3 nitrogen and oxygen atoms in total. The summed E-state index contributed by atoms with van der Waals surface area (Å²) < 4.78 is 0. The number of carboxylic acid groups (broad SMARTS) is 1. The fourth-order valence-electron chi connectivity index (χ4n) is 1.04. The van der Waals surface area contributed by atoms with Gasteiger partial charge in [-0.25, -0.2) is 4.79 Å². The number of anilines is 1. The molecule has 0 atom stereocenters. The average molecular weight is 211 g/mol. The van der Waals surface area contributed by atoms with Crippen molar-refractivity contribution in [3.63, 3.8) is 0 Å². The smallest absolute Gasteiger partial charge is 0.409 e. The van der Waals surface area contributed by atoms with Crippen LogP contribution in [0.5, 0.6) is 0 Å². The van der Waals surface area contributed by atoms with Gasteiger partial charge in [0, 0.05) is 10.1 Å². The molecule has 0 aliphatic heterocycles. The summed E-state index contributed by atoms with van der Waals surface area (Å²) in [7, 11) is 0. The van der Waals surface area contributed by atoms with Gasteiger partial charge in [-0.1, -0.05) is 26.0 Å². The Hall–Kier alpha value is -1.16. The van der Waals surface area contributed by atoms with Crippen LogP contribution in [0, 0.1) is 0 Å². The van der Waals surface area contributed by atoms with Crippen molar-refractivity contribution in [1.29, 1.82) is 0 Å². The highest BCUT2D eigenvalue weighted by Crippen LogP contribution is 2.29. The Balaban J connectivity index is 2.85. The Labute approximate surface area is 87.5 Å². The Morgan fingerprint density at radius 2 is 2.07 bits per heavy atom. The van der Waals surface area contributed by atoms with Gasteiger partial charge in [0.05, 0.1) is 5.69 Å². The number of hydrogen-bond donors (Lipinski definition) is 2. The second-order valence-electron chi connectivity index (χ2n) is 3.09. The molecular formula is C10H13NO2S. The van der Waals surface area contributed by atoms with Crippen molar-refractivity contribution < 1.29 is 9.90 Å². The number of amides is 1. The molecule has 0 aliphatic carbocycles. The van der Waals surface area contributed by atoms with Crippen molar-refractivity contribution in [3.8, 4) is 0 Å². The van der Waals surface area contributed by atoms with Crippen molar-refractivity contribution in [2.75, 3.05) is 5.32 Å². The van der Waals surface area contributed by atoms with Gasteiger partial charge in [-0.15, -0.1) is 11.8 Å². The monoisotopic (exact) mass is 211 g/mol. The van der Waals surface area contributed by atoms with Crippen LogP contribution < -0.4 is 5.32 Å². The summed E-state index contributed by atoms with van der Waals surface area (Å²) in [5, 5.41) is 11.4. The Bertz CT molecular complexity index is 326. The third kappa shape index (κ3) is 3.30. The van der Waals surface area contributed by atoms with E-state index in [-0.39, 0.29) is 0 Å². The molecule has 0 heterocycles. The van der Waals surface area contributed by atoms with Gasteiger partial charge in [-0.3, -0.25) is 5.32 Å². The lowest BCUT2D eigenvalue weighted by Crippen LogP contribution is -2.08. The van der Waals surface area contributed by atoms with Crippen LogP contribution in [0.15, 0.2) is 29.2 Å². The van der Waals surface area contributed by atoms with Gasteiger partial charge in [0.1, 0.15) is 0 Å². The minimum atomic E-state index is -1.03. The topological polar surface area (TPSA) is 49.3 Å². The van der Waals surface area contributed by atoms with Crippen LogP contribution >= 0.6 is 11.8 Å². The van der Waals surface area contributed by atoms with Gasteiger partial charge in [0.15, 0.2) is 0 Å². The summed E-state index contributed by atoms with van der Waals surface area (Å²) in [6, 6.07) is 7.39. The quantitative estimate of drug-likeness (QED) is 0.754. The molecule has 2 N–H and O–H groups in total. The molecule has 76 valence electrons. The summed E-state index contributed by atoms with van der Waals surface area (Å²) in [5.41, 5.74) is 0.652. The number of rotatable bonds is 3. The SMILES string of the molecule is CC(C)Sc1ccccc1NC(=O)O. The number of hydrogen-bond acceptors (Lipinski definition) is 2. The van der Waals surface area contributed by atoms with Crippen LogP contribution in [0.25, 0.3) is 0 Å². The lowest BCUT2D eigenvalue weighted by molar-refractivity contribution is 0.209. The average Bonchev–Trinajstić information content (AvgIpc) is 2.06. The first kappa shape index (κ1) is 10.9. The van der Waals surface area contributed by atoms with Crippen LogP contribution in [0.2, 0.25) is 0 Å². The lowest BCUT2D eigenvalue weighted by atomic mass is 10.3. The van der Waals surface area contributed by atoms with E-state index < -0.39 is 6.09 Å². The minimum absolute atomic E-state index is 0.437. The number of para-hydroxylation sites is 1. The maximum Gasteiger partial charge on any atom is 0.409 e. The highest BCUT2D eigenvalue weighted by molar-refractivity contribution is 8.00. The first-order chi connectivity index (χ1) is 6.59. The van der Waals surface area contributed by atoms with Crippen LogP contribution in [-0.2, 0) is 0 Å². The molecule has 0 aromatic heterocycles. The molecule has 1 rings (SSSR count). The molecule has 1 aromatic rings. The van der Waals surface area contributed by atoms with Crippen molar-refractivity contribution in [2.45, 2.75) is 24.0 Å². The number of benzene rings is 1. The predicted molar refractivity (Wildman–Crippen MR) is 59.1 cm³/mol. The minimum Gasteiger partial charge on any atom is -0.465 e. The maximum atomic E-state index is 10.5. The van der Waals surface area contributed by atoms with E-state index in [4.69, 9.17) is 5.11 Å². The van der Waals surface area contributed by atoms with E-state index in [9.17, 15) is 4.79 Å². The molecule has 0 fully saturated rings. The van der Waals surface area contributed by atoms with Crippen molar-refractivity contribution in [3.05, 3.63) is 24.3 Å². The number of carbonyl (C=O) groups is 1. The van der Waals surface area contributed by atoms with E-state index in [0.717, 1.165) is 4.90 Å². The number of thioether (sulfide) groups is 1. The molecule has 0 spiro atoms. The van der Waals surface area contributed by atoms with Gasteiger partial charge in [-0.05, 0) is 12.1 Å². The summed E-state index contributed by atoms with van der Waals surface area (Å²) >= 11 is 1.64. The molecular weight excluding hydrogens is 198 g/mol. The standard InChI is InChI=1S/C10H13NO2S/c1-7(2)14-9-6-4-3-5-8(9)11-10(12)13/h3-7,11H,1-2H3,(H,12,13). The molecule has 0 unspecified atom stereocenters. The molecule has 0 aliphatic rings. The van der Waals surface area contributed by atoms with Crippen LogP contribution in [0.3, 0.4) is 0 Å². The molecule has 0 bridgehead atoms. The van der Waals surface area contributed by atoms with E-state index in [2.05, 4.69) is 19.2 Å². The summed E-state index contributed by atoms with van der Waals surface area (Å²) in [6.07, 6.45) is -1.03. The van der Waals surface area contributed by atoms with Crippen molar-refractivity contribution >= 4 is 23.5 Å². The first-order valence-corrected chi connectivity index (χ1v) is 5.23. The fraction of sp³-hybridized carbons (Fsp3) is 0.300. The molecule has 0 saturated heterocycles. The second kappa shape index (κ2) is 4.91. The maximum absolute atomic E-state index is 10.5. The third-order valence-electron chi connectivity index (χ3n) is 1.49. The highest BCUT2D eigenvalue weighted by Gasteiger charge is 2.06. The third-order valence-corrected chi connectivity index (χ3v) is 2.57. The zero-order valence-corrected chi connectivity index (χ0v) is 8.97. The molecule has 4 heteroatoms. The summed E-state index contributed by atoms with van der Waals surface area (Å²) in [4.78, 5) is 11.4. The van der Waals surface area contributed by atoms with E-state index in [1.165, 1.54) is 0 Å².